The molecular formula is C13H13ClN2OS. The number of carbonyl (C=O) groups excluding carboxylic acids is 1. The lowest BCUT2D eigenvalue weighted by atomic mass is 10.2. The molecule has 18 heavy (non-hydrogen) atoms. The van der Waals surface area contributed by atoms with Gasteiger partial charge in [-0.3, -0.25) is 4.79 Å². The van der Waals surface area contributed by atoms with Crippen LogP contribution in [0.3, 0.4) is 0 Å². The van der Waals surface area contributed by atoms with E-state index in [-0.39, 0.29) is 5.91 Å². The first-order valence-electron chi connectivity index (χ1n) is 5.53. The Morgan fingerprint density at radius 1 is 1.39 bits per heavy atom. The highest BCUT2D eigenvalue weighted by molar-refractivity contribution is 7.11. The second-order valence-electron chi connectivity index (χ2n) is 3.91. The molecule has 0 saturated carbocycles. The number of aromatic nitrogens is 1. The third-order valence-electron chi connectivity index (χ3n) is 2.59. The minimum absolute atomic E-state index is 0.175. The average Bonchev–Trinajstić information content (AvgIpc) is 2.66. The van der Waals surface area contributed by atoms with Crippen LogP contribution in [0.1, 0.15) is 25.9 Å². The van der Waals surface area contributed by atoms with E-state index in [0.29, 0.717) is 17.1 Å². The molecule has 0 atom stereocenters. The molecule has 0 aliphatic rings. The summed E-state index contributed by atoms with van der Waals surface area (Å²) < 4.78 is 0. The zero-order valence-corrected chi connectivity index (χ0v) is 11.7. The Labute approximate surface area is 115 Å². The first-order chi connectivity index (χ1) is 8.58. The lowest BCUT2D eigenvalue weighted by Crippen LogP contribution is -2.22. The number of halogens is 1. The number of benzene rings is 1. The van der Waals surface area contributed by atoms with Crippen molar-refractivity contribution in [3.05, 3.63) is 50.4 Å². The number of nitrogens with zero attached hydrogens (tertiary/aromatic N) is 1. The average molecular weight is 281 g/mol. The summed E-state index contributed by atoms with van der Waals surface area (Å²) in [7, 11) is 0. The van der Waals surface area contributed by atoms with Crippen LogP contribution in [-0.2, 0) is 6.54 Å². The fraction of sp³-hybridized carbons (Fsp3) is 0.231. The maximum Gasteiger partial charge on any atom is 0.253 e. The lowest BCUT2D eigenvalue weighted by Gasteiger charge is -2.04. The van der Waals surface area contributed by atoms with Gasteiger partial charge in [0.05, 0.1) is 22.8 Å². The monoisotopic (exact) mass is 280 g/mol. The van der Waals surface area contributed by atoms with E-state index >= 15 is 0 Å². The highest BCUT2D eigenvalue weighted by atomic mass is 35.5. The Morgan fingerprint density at radius 2 is 2.11 bits per heavy atom. The van der Waals surface area contributed by atoms with Crippen LogP contribution in [0, 0.1) is 13.8 Å². The van der Waals surface area contributed by atoms with Gasteiger partial charge in [-0.1, -0.05) is 23.7 Å². The molecule has 1 heterocycles. The van der Waals surface area contributed by atoms with E-state index in [0.717, 1.165) is 10.7 Å². The number of thiazole rings is 1. The minimum atomic E-state index is -0.175. The number of hydrogen-bond donors (Lipinski definition) is 1. The number of hydrogen-bond acceptors (Lipinski definition) is 3. The normalized spacial score (nSPS) is 10.4. The summed E-state index contributed by atoms with van der Waals surface area (Å²) in [5, 5.41) is 4.19. The van der Waals surface area contributed by atoms with Gasteiger partial charge in [0.25, 0.3) is 5.91 Å². The van der Waals surface area contributed by atoms with Gasteiger partial charge in [-0.25, -0.2) is 4.98 Å². The lowest BCUT2D eigenvalue weighted by molar-refractivity contribution is 0.0951. The minimum Gasteiger partial charge on any atom is -0.345 e. The first-order valence-corrected chi connectivity index (χ1v) is 6.73. The van der Waals surface area contributed by atoms with Gasteiger partial charge in [-0.2, -0.15) is 0 Å². The van der Waals surface area contributed by atoms with Crippen molar-refractivity contribution in [1.29, 1.82) is 0 Å². The van der Waals surface area contributed by atoms with Crippen LogP contribution >= 0.6 is 22.9 Å². The molecular weight excluding hydrogens is 268 g/mol. The maximum absolute atomic E-state index is 11.9. The summed E-state index contributed by atoms with van der Waals surface area (Å²) in [6, 6.07) is 7.00. The highest BCUT2D eigenvalue weighted by Gasteiger charge is 2.10. The Balaban J connectivity index is 2.03. The molecule has 0 unspecified atom stereocenters. The zero-order valence-electron chi connectivity index (χ0n) is 10.2. The van der Waals surface area contributed by atoms with Gasteiger partial charge in [-0.05, 0) is 26.0 Å². The summed E-state index contributed by atoms with van der Waals surface area (Å²) >= 11 is 7.55. The summed E-state index contributed by atoms with van der Waals surface area (Å²) in [6.45, 7) is 4.42. The molecule has 0 radical (unpaired) electrons. The SMILES string of the molecule is Cc1nc(CNC(=O)c2ccccc2Cl)sc1C. The summed E-state index contributed by atoms with van der Waals surface area (Å²) in [4.78, 5) is 17.5. The second-order valence-corrected chi connectivity index (χ2v) is 5.61. The van der Waals surface area contributed by atoms with Gasteiger partial charge in [0.15, 0.2) is 0 Å². The van der Waals surface area contributed by atoms with E-state index in [2.05, 4.69) is 10.3 Å². The maximum atomic E-state index is 11.9. The Morgan fingerprint density at radius 3 is 2.72 bits per heavy atom. The third kappa shape index (κ3) is 2.89. The zero-order chi connectivity index (χ0) is 13.1. The van der Waals surface area contributed by atoms with Crippen molar-refractivity contribution in [2.75, 3.05) is 0 Å². The van der Waals surface area contributed by atoms with Gasteiger partial charge >= 0.3 is 0 Å². The fourth-order valence-electron chi connectivity index (χ4n) is 1.51. The molecule has 1 amide bonds. The number of carbonyl (C=O) groups is 1. The Kier molecular flexibility index (Phi) is 3.99. The molecule has 5 heteroatoms. The van der Waals surface area contributed by atoms with E-state index in [9.17, 15) is 4.79 Å². The summed E-state index contributed by atoms with van der Waals surface area (Å²) in [5.41, 5.74) is 1.51. The third-order valence-corrected chi connectivity index (χ3v) is 3.99. The van der Waals surface area contributed by atoms with Crippen LogP contribution in [0.2, 0.25) is 5.02 Å². The van der Waals surface area contributed by atoms with Gasteiger partial charge in [0.2, 0.25) is 0 Å². The van der Waals surface area contributed by atoms with E-state index < -0.39 is 0 Å². The van der Waals surface area contributed by atoms with Crippen LogP contribution in [0.4, 0.5) is 0 Å². The Bertz CT molecular complexity index is 561. The van der Waals surface area contributed by atoms with Crippen molar-refractivity contribution in [3.63, 3.8) is 0 Å². The summed E-state index contributed by atoms with van der Waals surface area (Å²) in [5.74, 6) is -0.175. The molecule has 0 bridgehead atoms. The molecule has 1 N–H and O–H groups in total. The molecule has 1 aromatic heterocycles. The van der Waals surface area contributed by atoms with Crippen molar-refractivity contribution in [2.24, 2.45) is 0 Å². The van der Waals surface area contributed by atoms with Gasteiger partial charge in [0.1, 0.15) is 5.01 Å². The van der Waals surface area contributed by atoms with Crippen molar-refractivity contribution < 1.29 is 4.79 Å². The highest BCUT2D eigenvalue weighted by Crippen LogP contribution is 2.17. The van der Waals surface area contributed by atoms with E-state index in [1.165, 1.54) is 4.88 Å². The van der Waals surface area contributed by atoms with E-state index in [1.807, 2.05) is 13.8 Å². The van der Waals surface area contributed by atoms with Crippen LogP contribution in [0.5, 0.6) is 0 Å². The standard InChI is InChI=1S/C13H13ClN2OS/c1-8-9(2)18-12(16-8)7-15-13(17)10-5-3-4-6-11(10)14/h3-6H,7H2,1-2H3,(H,15,17). The molecule has 0 aliphatic heterocycles. The quantitative estimate of drug-likeness (QED) is 0.937. The molecule has 2 rings (SSSR count). The van der Waals surface area contributed by atoms with Gasteiger partial charge in [0, 0.05) is 4.88 Å². The summed E-state index contributed by atoms with van der Waals surface area (Å²) in [6.07, 6.45) is 0. The van der Waals surface area contributed by atoms with Crippen LogP contribution in [-0.4, -0.2) is 10.9 Å². The molecule has 2 aromatic rings. The number of aryl methyl sites for hydroxylation is 2. The van der Waals surface area contributed by atoms with Gasteiger partial charge in [-0.15, -0.1) is 11.3 Å². The number of nitrogens with one attached hydrogen (secondary N) is 1. The molecule has 1 aromatic carbocycles. The van der Waals surface area contributed by atoms with E-state index in [4.69, 9.17) is 11.6 Å². The van der Waals surface area contributed by atoms with Crippen molar-refractivity contribution in [2.45, 2.75) is 20.4 Å². The van der Waals surface area contributed by atoms with Crippen molar-refractivity contribution in [3.8, 4) is 0 Å². The number of amides is 1. The largest absolute Gasteiger partial charge is 0.345 e. The second kappa shape index (κ2) is 5.50. The fourth-order valence-corrected chi connectivity index (χ4v) is 2.61. The first kappa shape index (κ1) is 13.1. The molecule has 0 spiro atoms. The Hall–Kier alpha value is -1.39. The molecule has 3 nitrogen and oxygen atoms in total. The predicted molar refractivity (Wildman–Crippen MR) is 74.2 cm³/mol. The smallest absolute Gasteiger partial charge is 0.253 e. The van der Waals surface area contributed by atoms with Gasteiger partial charge < -0.3 is 5.32 Å². The van der Waals surface area contributed by atoms with Crippen LogP contribution in [0.15, 0.2) is 24.3 Å². The molecule has 0 aliphatic carbocycles. The van der Waals surface area contributed by atoms with E-state index in [1.54, 1.807) is 35.6 Å². The predicted octanol–water partition coefficient (Wildman–Crippen LogP) is 3.34. The van der Waals surface area contributed by atoms with Crippen LogP contribution < -0.4 is 5.32 Å². The molecule has 0 fully saturated rings. The van der Waals surface area contributed by atoms with Crippen molar-refractivity contribution in [1.82, 2.24) is 10.3 Å². The topological polar surface area (TPSA) is 42.0 Å². The number of rotatable bonds is 3. The molecule has 94 valence electrons. The molecule has 0 saturated heterocycles. The van der Waals surface area contributed by atoms with Crippen LogP contribution in [0.25, 0.3) is 0 Å². The van der Waals surface area contributed by atoms with Crippen molar-refractivity contribution >= 4 is 28.8 Å².